The molecule has 5 aromatic carbocycles. The first-order valence-corrected chi connectivity index (χ1v) is 12.3. The van der Waals surface area contributed by atoms with E-state index >= 15 is 0 Å². The van der Waals surface area contributed by atoms with Gasteiger partial charge in [-0.3, -0.25) is 0 Å². The number of carboxylic acid groups (broad SMARTS) is 1. The largest absolute Gasteiger partial charge is 0.490 e. The fourth-order valence-corrected chi connectivity index (χ4v) is 4.02. The number of aliphatic carboxylic acids is 1. The molecule has 0 bridgehead atoms. The Labute approximate surface area is 221 Å². The fourth-order valence-electron chi connectivity index (χ4n) is 4.02. The Hall–Kier alpha value is -5.03. The normalized spacial score (nSPS) is 11.2. The number of benzene rings is 5. The molecule has 0 saturated heterocycles. The molecular weight excluding hydrogens is 476 g/mol. The molecule has 0 amide bonds. The third-order valence-corrected chi connectivity index (χ3v) is 5.90. The minimum atomic E-state index is -1.15. The Morgan fingerprint density at radius 1 is 0.605 bits per heavy atom. The molecule has 0 heterocycles. The average molecular weight is 503 g/mol. The third kappa shape index (κ3) is 6.39. The summed E-state index contributed by atoms with van der Waals surface area (Å²) in [5, 5.41) is 11.7. The summed E-state index contributed by atoms with van der Waals surface area (Å²) < 4.78 is 17.3. The van der Waals surface area contributed by atoms with Crippen molar-refractivity contribution in [2.75, 3.05) is 13.2 Å². The van der Waals surface area contributed by atoms with Crippen molar-refractivity contribution in [3.05, 3.63) is 133 Å². The Bertz CT molecular complexity index is 1560. The van der Waals surface area contributed by atoms with Gasteiger partial charge in [0, 0.05) is 0 Å². The van der Waals surface area contributed by atoms with Crippen molar-refractivity contribution in [3.63, 3.8) is 0 Å². The van der Waals surface area contributed by atoms with Crippen molar-refractivity contribution >= 4 is 22.8 Å². The zero-order valence-electron chi connectivity index (χ0n) is 20.6. The van der Waals surface area contributed by atoms with Crippen LogP contribution in [0, 0.1) is 0 Å². The van der Waals surface area contributed by atoms with Gasteiger partial charge in [0.05, 0.1) is 0 Å². The van der Waals surface area contributed by atoms with Crippen LogP contribution in [0.4, 0.5) is 0 Å². The van der Waals surface area contributed by atoms with Crippen molar-refractivity contribution in [1.29, 1.82) is 0 Å². The molecule has 0 aromatic heterocycles. The zero-order valence-corrected chi connectivity index (χ0v) is 20.6. The molecule has 0 saturated carbocycles. The van der Waals surface area contributed by atoms with Gasteiger partial charge in [0.2, 0.25) is 5.76 Å². The van der Waals surface area contributed by atoms with E-state index in [9.17, 15) is 9.90 Å². The van der Waals surface area contributed by atoms with Gasteiger partial charge < -0.3 is 19.3 Å². The second-order valence-corrected chi connectivity index (χ2v) is 8.58. The molecule has 0 unspecified atom stereocenters. The van der Waals surface area contributed by atoms with Crippen molar-refractivity contribution in [2.45, 2.75) is 0 Å². The summed E-state index contributed by atoms with van der Waals surface area (Å²) in [5.41, 5.74) is 2.92. The van der Waals surface area contributed by atoms with Gasteiger partial charge in [-0.2, -0.15) is 0 Å². The van der Waals surface area contributed by atoms with E-state index in [4.69, 9.17) is 14.2 Å². The molecule has 5 nitrogen and oxygen atoms in total. The van der Waals surface area contributed by atoms with Gasteiger partial charge in [0.25, 0.3) is 0 Å². The Morgan fingerprint density at radius 3 is 2.03 bits per heavy atom. The Morgan fingerprint density at radius 2 is 1.26 bits per heavy atom. The van der Waals surface area contributed by atoms with Crippen LogP contribution >= 0.6 is 0 Å². The predicted molar refractivity (Wildman–Crippen MR) is 149 cm³/mol. The molecular formula is C33H26O5. The van der Waals surface area contributed by atoms with Gasteiger partial charge in [-0.1, -0.05) is 84.9 Å². The molecule has 0 fully saturated rings. The number of carboxylic acids is 1. The van der Waals surface area contributed by atoms with Crippen LogP contribution in [0.15, 0.2) is 127 Å². The summed E-state index contributed by atoms with van der Waals surface area (Å²) in [5.74, 6) is 0.595. The van der Waals surface area contributed by atoms with Gasteiger partial charge in [0.1, 0.15) is 30.5 Å². The van der Waals surface area contributed by atoms with E-state index in [-0.39, 0.29) is 5.76 Å². The number of rotatable bonds is 10. The molecule has 0 atom stereocenters. The van der Waals surface area contributed by atoms with E-state index in [1.807, 2.05) is 72.8 Å². The minimum absolute atomic E-state index is 0.167. The monoisotopic (exact) mass is 502 g/mol. The number of hydrogen-bond donors (Lipinski definition) is 1. The van der Waals surface area contributed by atoms with Gasteiger partial charge in [-0.25, -0.2) is 4.79 Å². The average Bonchev–Trinajstić information content (AvgIpc) is 2.96. The Kier molecular flexibility index (Phi) is 7.66. The van der Waals surface area contributed by atoms with Crippen LogP contribution in [0.3, 0.4) is 0 Å². The second-order valence-electron chi connectivity index (χ2n) is 8.58. The second kappa shape index (κ2) is 11.8. The van der Waals surface area contributed by atoms with Crippen LogP contribution < -0.4 is 14.2 Å². The molecule has 188 valence electrons. The lowest BCUT2D eigenvalue weighted by Crippen LogP contribution is -2.09. The predicted octanol–water partition coefficient (Wildman–Crippen LogP) is 7.47. The molecule has 0 spiro atoms. The third-order valence-electron chi connectivity index (χ3n) is 5.90. The highest BCUT2D eigenvalue weighted by atomic mass is 16.5. The highest BCUT2D eigenvalue weighted by Gasteiger charge is 2.11. The van der Waals surface area contributed by atoms with Crippen LogP contribution in [-0.4, -0.2) is 24.3 Å². The molecule has 0 radical (unpaired) electrons. The number of carbonyl (C=O) groups is 1. The molecule has 5 heteroatoms. The summed E-state index contributed by atoms with van der Waals surface area (Å²) in [7, 11) is 0. The summed E-state index contributed by atoms with van der Waals surface area (Å²) >= 11 is 0. The molecule has 5 rings (SSSR count). The number of ether oxygens (including phenoxy) is 3. The topological polar surface area (TPSA) is 65.0 Å². The molecule has 38 heavy (non-hydrogen) atoms. The van der Waals surface area contributed by atoms with Gasteiger partial charge in [-0.05, 0) is 69.9 Å². The van der Waals surface area contributed by atoms with Crippen molar-refractivity contribution in [1.82, 2.24) is 0 Å². The maximum atomic E-state index is 11.8. The zero-order chi connectivity index (χ0) is 26.2. The molecule has 5 aromatic rings. The SMILES string of the molecule is O=C(O)C(=Cc1ccc(OCCOc2cccc(-c3ccccc3)c2)cc1)Oc1ccc2ccccc2c1. The fraction of sp³-hybridized carbons (Fsp3) is 0.0606. The van der Waals surface area contributed by atoms with Crippen LogP contribution in [0.1, 0.15) is 5.56 Å². The summed E-state index contributed by atoms with van der Waals surface area (Å²) in [6.45, 7) is 0.763. The van der Waals surface area contributed by atoms with E-state index in [2.05, 4.69) is 18.2 Å². The van der Waals surface area contributed by atoms with Crippen LogP contribution in [0.2, 0.25) is 0 Å². The van der Waals surface area contributed by atoms with Crippen LogP contribution in [0.5, 0.6) is 17.2 Å². The number of fused-ring (bicyclic) bond motifs is 1. The van der Waals surface area contributed by atoms with Gasteiger partial charge >= 0.3 is 5.97 Å². The first-order chi connectivity index (χ1) is 18.6. The standard InChI is InChI=1S/C33H26O5/c34-33(35)32(38-31-18-15-26-9-4-5-10-27(26)23-31)21-24-13-16-29(17-14-24)36-19-20-37-30-12-6-11-28(22-30)25-7-2-1-3-8-25/h1-18,21-23H,19-20H2,(H,34,35). The molecule has 0 aliphatic rings. The summed E-state index contributed by atoms with van der Waals surface area (Å²) in [4.78, 5) is 11.8. The van der Waals surface area contributed by atoms with E-state index in [1.54, 1.807) is 30.3 Å². The molecule has 1 N–H and O–H groups in total. The first kappa shape index (κ1) is 24.7. The quantitative estimate of drug-likeness (QED) is 0.122. The van der Waals surface area contributed by atoms with Crippen LogP contribution in [0.25, 0.3) is 28.0 Å². The summed E-state index contributed by atoms with van der Waals surface area (Å²) in [6.07, 6.45) is 1.49. The highest BCUT2D eigenvalue weighted by Crippen LogP contribution is 2.25. The molecule has 0 aliphatic carbocycles. The number of hydrogen-bond acceptors (Lipinski definition) is 4. The first-order valence-electron chi connectivity index (χ1n) is 12.3. The smallest absolute Gasteiger partial charge is 0.371 e. The lowest BCUT2D eigenvalue weighted by molar-refractivity contribution is -0.134. The van der Waals surface area contributed by atoms with E-state index in [0.29, 0.717) is 30.3 Å². The van der Waals surface area contributed by atoms with E-state index in [1.165, 1.54) is 6.08 Å². The maximum Gasteiger partial charge on any atom is 0.371 e. The van der Waals surface area contributed by atoms with Crippen molar-refractivity contribution in [3.8, 4) is 28.4 Å². The molecule has 0 aliphatic heterocycles. The van der Waals surface area contributed by atoms with Crippen molar-refractivity contribution < 1.29 is 24.1 Å². The van der Waals surface area contributed by atoms with Gasteiger partial charge in [0.15, 0.2) is 0 Å². The van der Waals surface area contributed by atoms with Crippen molar-refractivity contribution in [2.24, 2.45) is 0 Å². The lowest BCUT2D eigenvalue weighted by atomic mass is 10.1. The van der Waals surface area contributed by atoms with Gasteiger partial charge in [-0.15, -0.1) is 0 Å². The van der Waals surface area contributed by atoms with E-state index < -0.39 is 5.97 Å². The maximum absolute atomic E-state index is 11.8. The Balaban J connectivity index is 1.16. The highest BCUT2D eigenvalue weighted by molar-refractivity contribution is 5.91. The minimum Gasteiger partial charge on any atom is -0.490 e. The lowest BCUT2D eigenvalue weighted by Gasteiger charge is -2.10. The van der Waals surface area contributed by atoms with E-state index in [0.717, 1.165) is 27.6 Å². The van der Waals surface area contributed by atoms with Crippen LogP contribution in [-0.2, 0) is 4.79 Å². The summed E-state index contributed by atoms with van der Waals surface area (Å²) in [6, 6.07) is 38.6.